The summed E-state index contributed by atoms with van der Waals surface area (Å²) < 4.78 is 8.01. The Labute approximate surface area is 127 Å². The maximum atomic E-state index is 5.78. The van der Waals surface area contributed by atoms with Crippen molar-refractivity contribution in [1.29, 1.82) is 0 Å². The molecule has 1 aliphatic rings. The van der Waals surface area contributed by atoms with E-state index >= 15 is 0 Å². The third-order valence-corrected chi connectivity index (χ3v) is 5.06. The molecular formula is C14H19N3OS2. The van der Waals surface area contributed by atoms with Crippen LogP contribution >= 0.6 is 23.1 Å². The van der Waals surface area contributed by atoms with Crippen LogP contribution in [-0.4, -0.2) is 32.7 Å². The smallest absolute Gasteiger partial charge is 0.191 e. The van der Waals surface area contributed by atoms with Crippen LogP contribution in [0.25, 0.3) is 10.7 Å². The maximum Gasteiger partial charge on any atom is 0.191 e. The summed E-state index contributed by atoms with van der Waals surface area (Å²) in [4.78, 5) is 1.17. The first kappa shape index (κ1) is 14.1. The van der Waals surface area contributed by atoms with Crippen molar-refractivity contribution in [3.05, 3.63) is 17.5 Å². The van der Waals surface area contributed by atoms with Crippen molar-refractivity contribution in [2.24, 2.45) is 0 Å². The van der Waals surface area contributed by atoms with Gasteiger partial charge in [-0.3, -0.25) is 4.57 Å². The molecule has 1 atom stereocenters. The molecule has 0 spiro atoms. The highest BCUT2D eigenvalue weighted by Crippen LogP contribution is 2.30. The van der Waals surface area contributed by atoms with Crippen LogP contribution in [0.15, 0.2) is 22.7 Å². The van der Waals surface area contributed by atoms with E-state index < -0.39 is 0 Å². The minimum absolute atomic E-state index is 0.302. The lowest BCUT2D eigenvalue weighted by Crippen LogP contribution is -2.16. The molecule has 3 rings (SSSR count). The van der Waals surface area contributed by atoms with Crippen LogP contribution in [0.3, 0.4) is 0 Å². The van der Waals surface area contributed by atoms with Crippen molar-refractivity contribution in [2.75, 3.05) is 6.61 Å². The Morgan fingerprint density at radius 2 is 2.40 bits per heavy atom. The fourth-order valence-corrected chi connectivity index (χ4v) is 3.85. The van der Waals surface area contributed by atoms with E-state index in [2.05, 4.69) is 46.1 Å². The van der Waals surface area contributed by atoms with Gasteiger partial charge < -0.3 is 4.74 Å². The van der Waals surface area contributed by atoms with Crippen LogP contribution in [0, 0.1) is 0 Å². The highest BCUT2D eigenvalue weighted by atomic mass is 32.2. The quantitative estimate of drug-likeness (QED) is 0.790. The average molecular weight is 309 g/mol. The van der Waals surface area contributed by atoms with Crippen molar-refractivity contribution in [3.63, 3.8) is 0 Å². The Morgan fingerprint density at radius 1 is 1.50 bits per heavy atom. The first-order chi connectivity index (χ1) is 9.74. The second kappa shape index (κ2) is 6.28. The Morgan fingerprint density at radius 3 is 3.05 bits per heavy atom. The molecule has 0 radical (unpaired) electrons. The Kier molecular flexibility index (Phi) is 4.43. The van der Waals surface area contributed by atoms with Crippen molar-refractivity contribution >= 4 is 23.1 Å². The second-order valence-electron chi connectivity index (χ2n) is 5.20. The Bertz CT molecular complexity index is 545. The van der Waals surface area contributed by atoms with Crippen LogP contribution in [0.2, 0.25) is 0 Å². The van der Waals surface area contributed by atoms with E-state index in [1.807, 2.05) is 0 Å². The predicted molar refractivity (Wildman–Crippen MR) is 83.3 cm³/mol. The van der Waals surface area contributed by atoms with E-state index in [9.17, 15) is 0 Å². The summed E-state index contributed by atoms with van der Waals surface area (Å²) in [5, 5.41) is 12.4. The molecule has 2 aromatic rings. The molecule has 0 aliphatic carbocycles. The molecule has 4 nitrogen and oxygen atoms in total. The van der Waals surface area contributed by atoms with E-state index in [0.717, 1.165) is 37.0 Å². The van der Waals surface area contributed by atoms with Crippen LogP contribution in [0.1, 0.15) is 26.7 Å². The molecule has 0 N–H and O–H groups in total. The normalized spacial score (nSPS) is 19.1. The number of thiophene rings is 1. The van der Waals surface area contributed by atoms with Crippen molar-refractivity contribution in [2.45, 2.75) is 49.7 Å². The largest absolute Gasteiger partial charge is 0.376 e. The summed E-state index contributed by atoms with van der Waals surface area (Å²) in [5.41, 5.74) is 0. The molecule has 0 amide bonds. The third-order valence-electron chi connectivity index (χ3n) is 3.21. The number of hydrogen-bond acceptors (Lipinski definition) is 5. The minimum atomic E-state index is 0.302. The molecule has 1 unspecified atom stereocenters. The van der Waals surface area contributed by atoms with Gasteiger partial charge in [0.2, 0.25) is 0 Å². The Hall–Kier alpha value is -0.850. The Balaban J connectivity index is 1.90. The fraction of sp³-hybridized carbons (Fsp3) is 0.571. The van der Waals surface area contributed by atoms with Crippen LogP contribution < -0.4 is 0 Å². The van der Waals surface area contributed by atoms with Gasteiger partial charge in [-0.25, -0.2) is 0 Å². The van der Waals surface area contributed by atoms with Gasteiger partial charge >= 0.3 is 0 Å². The second-order valence-corrected chi connectivity index (χ2v) is 7.69. The molecule has 0 bridgehead atoms. The molecule has 0 saturated carbocycles. The molecule has 3 heterocycles. The van der Waals surface area contributed by atoms with Crippen molar-refractivity contribution in [1.82, 2.24) is 14.8 Å². The van der Waals surface area contributed by atoms with Gasteiger partial charge in [0.25, 0.3) is 0 Å². The van der Waals surface area contributed by atoms with Crippen LogP contribution in [0.4, 0.5) is 0 Å². The van der Waals surface area contributed by atoms with Gasteiger partial charge in [-0.1, -0.05) is 31.7 Å². The van der Waals surface area contributed by atoms with Gasteiger partial charge in [-0.05, 0) is 24.3 Å². The standard InChI is InChI=1S/C14H19N3OS2/c1-10(2)20-14-16-15-13(12-6-4-8-19-12)17(14)9-11-5-3-7-18-11/h4,6,8,10-11H,3,5,7,9H2,1-2H3. The summed E-state index contributed by atoms with van der Waals surface area (Å²) in [7, 11) is 0. The van der Waals surface area contributed by atoms with Crippen molar-refractivity contribution < 1.29 is 4.74 Å². The van der Waals surface area contributed by atoms with E-state index in [0.29, 0.717) is 11.4 Å². The van der Waals surface area contributed by atoms with E-state index in [-0.39, 0.29) is 0 Å². The maximum absolute atomic E-state index is 5.78. The van der Waals surface area contributed by atoms with Crippen LogP contribution in [0.5, 0.6) is 0 Å². The van der Waals surface area contributed by atoms with Gasteiger partial charge in [0, 0.05) is 11.9 Å². The lowest BCUT2D eigenvalue weighted by molar-refractivity contribution is 0.0953. The van der Waals surface area contributed by atoms with Gasteiger partial charge in [0.15, 0.2) is 11.0 Å². The number of ether oxygens (including phenoxy) is 1. The number of hydrogen-bond donors (Lipinski definition) is 0. The van der Waals surface area contributed by atoms with E-state index in [1.165, 1.54) is 4.88 Å². The zero-order valence-corrected chi connectivity index (χ0v) is 13.4. The molecular weight excluding hydrogens is 290 g/mol. The number of thioether (sulfide) groups is 1. The lowest BCUT2D eigenvalue weighted by Gasteiger charge is -2.14. The van der Waals surface area contributed by atoms with Gasteiger partial charge in [-0.2, -0.15) is 0 Å². The van der Waals surface area contributed by atoms with Crippen LogP contribution in [-0.2, 0) is 11.3 Å². The summed E-state index contributed by atoms with van der Waals surface area (Å²) in [5.74, 6) is 0.971. The molecule has 6 heteroatoms. The number of aromatic nitrogens is 3. The molecule has 1 saturated heterocycles. The average Bonchev–Trinajstić information content (AvgIpc) is 3.12. The zero-order chi connectivity index (χ0) is 13.9. The zero-order valence-electron chi connectivity index (χ0n) is 11.8. The first-order valence-electron chi connectivity index (χ1n) is 6.99. The monoisotopic (exact) mass is 309 g/mol. The molecule has 20 heavy (non-hydrogen) atoms. The number of nitrogens with zero attached hydrogens (tertiary/aromatic N) is 3. The molecule has 1 fully saturated rings. The highest BCUT2D eigenvalue weighted by molar-refractivity contribution is 7.99. The molecule has 1 aliphatic heterocycles. The fourth-order valence-electron chi connectivity index (χ4n) is 2.33. The highest BCUT2D eigenvalue weighted by Gasteiger charge is 2.22. The molecule has 2 aromatic heterocycles. The van der Waals surface area contributed by atoms with E-state index in [4.69, 9.17) is 4.74 Å². The first-order valence-corrected chi connectivity index (χ1v) is 8.75. The van der Waals surface area contributed by atoms with Gasteiger partial charge in [0.1, 0.15) is 0 Å². The molecule has 108 valence electrons. The third kappa shape index (κ3) is 3.07. The van der Waals surface area contributed by atoms with E-state index in [1.54, 1.807) is 23.1 Å². The topological polar surface area (TPSA) is 39.9 Å². The van der Waals surface area contributed by atoms with Gasteiger partial charge in [-0.15, -0.1) is 21.5 Å². The molecule has 0 aromatic carbocycles. The minimum Gasteiger partial charge on any atom is -0.376 e. The van der Waals surface area contributed by atoms with Crippen molar-refractivity contribution in [3.8, 4) is 10.7 Å². The SMILES string of the molecule is CC(C)Sc1nnc(-c2cccs2)n1CC1CCCO1. The summed E-state index contributed by atoms with van der Waals surface area (Å²) in [6.07, 6.45) is 2.60. The summed E-state index contributed by atoms with van der Waals surface area (Å²) in [6.45, 7) is 6.10. The lowest BCUT2D eigenvalue weighted by atomic mass is 10.2. The number of rotatable bonds is 5. The predicted octanol–water partition coefficient (Wildman–Crippen LogP) is 3.69. The summed E-state index contributed by atoms with van der Waals surface area (Å²) in [6, 6.07) is 4.16. The van der Waals surface area contributed by atoms with Gasteiger partial charge in [0.05, 0.1) is 17.5 Å². The summed E-state index contributed by atoms with van der Waals surface area (Å²) >= 11 is 3.47.